The molecule has 1 aliphatic rings. The van der Waals surface area contributed by atoms with Crippen LogP contribution in [-0.2, 0) is 17.5 Å². The molecule has 3 amide bonds. The third-order valence-electron chi connectivity index (χ3n) is 4.58. The van der Waals surface area contributed by atoms with Crippen LogP contribution in [0.4, 0.5) is 18.9 Å². The van der Waals surface area contributed by atoms with Crippen LogP contribution >= 0.6 is 0 Å². The average Bonchev–Trinajstić information content (AvgIpc) is 3.14. The van der Waals surface area contributed by atoms with Gasteiger partial charge in [0.2, 0.25) is 11.7 Å². The van der Waals surface area contributed by atoms with Gasteiger partial charge in [-0.2, -0.15) is 13.2 Å². The third-order valence-corrected chi connectivity index (χ3v) is 4.58. The molecule has 4 rings (SSSR count). The van der Waals surface area contributed by atoms with Gasteiger partial charge in [-0.3, -0.25) is 19.3 Å². The number of nitrogens with zero attached hydrogens (tertiary/aromatic N) is 3. The fourth-order valence-corrected chi connectivity index (χ4v) is 3.24. The van der Waals surface area contributed by atoms with E-state index in [-0.39, 0.29) is 27.8 Å². The molecule has 0 bridgehead atoms. The van der Waals surface area contributed by atoms with E-state index in [4.69, 9.17) is 0 Å². The Bertz CT molecular complexity index is 1180. The van der Waals surface area contributed by atoms with E-state index in [1.807, 2.05) is 0 Å². The lowest BCUT2D eigenvalue weighted by Gasteiger charge is -2.12. The van der Waals surface area contributed by atoms with Gasteiger partial charge in [-0.25, -0.2) is 4.98 Å². The fourth-order valence-electron chi connectivity index (χ4n) is 3.24. The number of halogens is 3. The summed E-state index contributed by atoms with van der Waals surface area (Å²) in [6, 6.07) is 10.1. The number of anilines is 1. The van der Waals surface area contributed by atoms with Gasteiger partial charge in [-0.1, -0.05) is 12.1 Å². The predicted molar refractivity (Wildman–Crippen MR) is 96.2 cm³/mol. The van der Waals surface area contributed by atoms with Gasteiger partial charge in [-0.05, 0) is 30.3 Å². The molecule has 0 saturated carbocycles. The highest BCUT2D eigenvalue weighted by Gasteiger charge is 2.38. The molecule has 1 aromatic heterocycles. The summed E-state index contributed by atoms with van der Waals surface area (Å²) in [4.78, 5) is 40.9. The number of aromatic nitrogens is 2. The number of imidazole rings is 1. The summed E-state index contributed by atoms with van der Waals surface area (Å²) in [5.74, 6) is -2.88. The number of nitrogens with one attached hydrogen (secondary N) is 1. The lowest BCUT2D eigenvalue weighted by molar-refractivity contribution is -0.147. The van der Waals surface area contributed by atoms with Crippen molar-refractivity contribution >= 4 is 34.4 Å². The Morgan fingerprint density at radius 2 is 1.76 bits per heavy atom. The van der Waals surface area contributed by atoms with Gasteiger partial charge in [0.25, 0.3) is 11.8 Å². The molecule has 2 heterocycles. The highest BCUT2D eigenvalue weighted by molar-refractivity contribution is 6.21. The van der Waals surface area contributed by atoms with Crippen molar-refractivity contribution < 1.29 is 27.6 Å². The molecule has 0 spiro atoms. The molecule has 0 fully saturated rings. The van der Waals surface area contributed by atoms with E-state index in [0.717, 1.165) is 9.47 Å². The number of hydrogen-bond donors (Lipinski definition) is 1. The summed E-state index contributed by atoms with van der Waals surface area (Å²) in [6.45, 7) is -0.626. The Morgan fingerprint density at radius 1 is 1.07 bits per heavy atom. The first-order valence-electron chi connectivity index (χ1n) is 8.45. The molecule has 0 unspecified atom stereocenters. The van der Waals surface area contributed by atoms with E-state index in [1.165, 1.54) is 37.4 Å². The van der Waals surface area contributed by atoms with E-state index in [0.29, 0.717) is 0 Å². The van der Waals surface area contributed by atoms with Gasteiger partial charge >= 0.3 is 6.18 Å². The quantitative estimate of drug-likeness (QED) is 0.683. The lowest BCUT2D eigenvalue weighted by atomic mass is 10.1. The zero-order chi connectivity index (χ0) is 20.9. The monoisotopic (exact) mass is 402 g/mol. The standard InChI is InChI=1S/C19H13F3N4O3/c1-25-16(28)11-7-6-10(8-12(11)17(25)29)23-15(27)9-26-14-5-3-2-4-13(14)24-18(26)19(20,21)22/h2-8H,9H2,1H3,(H,23,27). The summed E-state index contributed by atoms with van der Waals surface area (Å²) in [7, 11) is 1.34. The van der Waals surface area contributed by atoms with Crippen LogP contribution < -0.4 is 5.32 Å². The lowest BCUT2D eigenvalue weighted by Crippen LogP contribution is -2.24. The predicted octanol–water partition coefficient (Wildman–Crippen LogP) is 2.92. The maximum Gasteiger partial charge on any atom is 0.449 e. The van der Waals surface area contributed by atoms with Gasteiger partial charge in [0.1, 0.15) is 6.54 Å². The van der Waals surface area contributed by atoms with Gasteiger partial charge in [0.05, 0.1) is 22.2 Å². The second-order valence-corrected chi connectivity index (χ2v) is 6.49. The van der Waals surface area contributed by atoms with Crippen molar-refractivity contribution in [2.75, 3.05) is 12.4 Å². The number of fused-ring (bicyclic) bond motifs is 2. The molecule has 0 saturated heterocycles. The number of alkyl halides is 3. The Hall–Kier alpha value is -3.69. The number of amides is 3. The summed E-state index contributed by atoms with van der Waals surface area (Å²) in [5, 5.41) is 2.47. The first kappa shape index (κ1) is 18.7. The molecular formula is C19H13F3N4O3. The number of benzene rings is 2. The van der Waals surface area contributed by atoms with E-state index in [9.17, 15) is 27.6 Å². The molecule has 0 atom stereocenters. The Kier molecular flexibility index (Phi) is 4.14. The topological polar surface area (TPSA) is 84.3 Å². The van der Waals surface area contributed by atoms with Crippen molar-refractivity contribution in [3.05, 3.63) is 59.4 Å². The molecule has 7 nitrogen and oxygen atoms in total. The number of carbonyl (C=O) groups is 3. The van der Waals surface area contributed by atoms with Crippen LogP contribution in [0.25, 0.3) is 11.0 Å². The maximum absolute atomic E-state index is 13.3. The van der Waals surface area contributed by atoms with Crippen molar-refractivity contribution in [2.45, 2.75) is 12.7 Å². The molecule has 2 aromatic carbocycles. The molecule has 10 heteroatoms. The van der Waals surface area contributed by atoms with Crippen LogP contribution in [0.3, 0.4) is 0 Å². The summed E-state index contributed by atoms with van der Waals surface area (Å²) >= 11 is 0. The number of para-hydroxylation sites is 2. The second kappa shape index (κ2) is 6.43. The molecule has 1 aliphatic heterocycles. The number of hydrogen-bond acceptors (Lipinski definition) is 4. The van der Waals surface area contributed by atoms with Crippen molar-refractivity contribution in [1.82, 2.24) is 14.5 Å². The number of rotatable bonds is 3. The van der Waals surface area contributed by atoms with Crippen LogP contribution in [0.1, 0.15) is 26.5 Å². The van der Waals surface area contributed by atoms with E-state index in [2.05, 4.69) is 10.3 Å². The molecule has 3 aromatic rings. The largest absolute Gasteiger partial charge is 0.449 e. The third kappa shape index (κ3) is 3.12. The van der Waals surface area contributed by atoms with Crippen molar-refractivity contribution in [3.8, 4) is 0 Å². The minimum Gasteiger partial charge on any atom is -0.325 e. The number of imide groups is 1. The summed E-state index contributed by atoms with van der Waals surface area (Å²) in [5.41, 5.74) is 0.821. The Balaban J connectivity index is 1.62. The highest BCUT2D eigenvalue weighted by atomic mass is 19.4. The molecule has 148 valence electrons. The van der Waals surface area contributed by atoms with Crippen molar-refractivity contribution in [3.63, 3.8) is 0 Å². The van der Waals surface area contributed by atoms with Gasteiger partial charge in [0, 0.05) is 12.7 Å². The summed E-state index contributed by atoms with van der Waals surface area (Å²) in [6.07, 6.45) is -4.73. The minimum absolute atomic E-state index is 0.123. The van der Waals surface area contributed by atoms with Crippen LogP contribution in [0, 0.1) is 0 Å². The van der Waals surface area contributed by atoms with Crippen LogP contribution in [0.15, 0.2) is 42.5 Å². The smallest absolute Gasteiger partial charge is 0.325 e. The zero-order valence-corrected chi connectivity index (χ0v) is 14.9. The van der Waals surface area contributed by atoms with Crippen LogP contribution in [-0.4, -0.2) is 39.2 Å². The van der Waals surface area contributed by atoms with Crippen molar-refractivity contribution in [2.24, 2.45) is 0 Å². The second-order valence-electron chi connectivity index (χ2n) is 6.49. The van der Waals surface area contributed by atoms with Gasteiger partial charge in [0.15, 0.2) is 0 Å². The van der Waals surface area contributed by atoms with E-state index >= 15 is 0 Å². The van der Waals surface area contributed by atoms with Gasteiger partial charge in [-0.15, -0.1) is 0 Å². The molecular weight excluding hydrogens is 389 g/mol. The average molecular weight is 402 g/mol. The number of carbonyl (C=O) groups excluding carboxylic acids is 3. The molecule has 1 N–H and O–H groups in total. The molecule has 0 radical (unpaired) electrons. The zero-order valence-electron chi connectivity index (χ0n) is 14.9. The van der Waals surface area contributed by atoms with Crippen LogP contribution in [0.2, 0.25) is 0 Å². The molecule has 0 aliphatic carbocycles. The van der Waals surface area contributed by atoms with E-state index < -0.39 is 36.3 Å². The fraction of sp³-hybridized carbons (Fsp3) is 0.158. The summed E-state index contributed by atoms with van der Waals surface area (Å²) < 4.78 is 40.8. The van der Waals surface area contributed by atoms with Crippen LogP contribution in [0.5, 0.6) is 0 Å². The Morgan fingerprint density at radius 3 is 2.48 bits per heavy atom. The Labute approximate surface area is 161 Å². The van der Waals surface area contributed by atoms with Crippen molar-refractivity contribution in [1.29, 1.82) is 0 Å². The SMILES string of the molecule is CN1C(=O)c2ccc(NC(=O)Cn3c(C(F)(F)F)nc4ccccc43)cc2C1=O. The van der Waals surface area contributed by atoms with Gasteiger partial charge < -0.3 is 9.88 Å². The first-order chi connectivity index (χ1) is 13.7. The van der Waals surface area contributed by atoms with E-state index in [1.54, 1.807) is 12.1 Å². The minimum atomic E-state index is -4.73. The highest BCUT2D eigenvalue weighted by Crippen LogP contribution is 2.31. The normalized spacial score (nSPS) is 13.9. The first-order valence-corrected chi connectivity index (χ1v) is 8.45. The molecule has 29 heavy (non-hydrogen) atoms. The maximum atomic E-state index is 13.3.